The number of hydrogen-bond donors (Lipinski definition) is 1. The number of carbonyl (C=O) groups is 2. The molecule has 0 spiro atoms. The van der Waals surface area contributed by atoms with E-state index in [1.54, 1.807) is 29.0 Å². The summed E-state index contributed by atoms with van der Waals surface area (Å²) in [7, 11) is 3.30. The Morgan fingerprint density at radius 3 is 2.41 bits per heavy atom. The van der Waals surface area contributed by atoms with E-state index in [1.165, 1.54) is 7.11 Å². The largest absolute Gasteiger partial charge is 0.495 e. The number of amides is 3. The second-order valence-electron chi connectivity index (χ2n) is 9.96. The van der Waals surface area contributed by atoms with E-state index >= 15 is 0 Å². The van der Waals surface area contributed by atoms with Crippen LogP contribution in [0, 0.1) is 5.41 Å². The van der Waals surface area contributed by atoms with Crippen LogP contribution in [0.1, 0.15) is 59.6 Å². The molecular weight excluding hydrogens is 453 g/mol. The molecule has 1 saturated heterocycles. The molecular formula is C23H35Cl2N3O4. The summed E-state index contributed by atoms with van der Waals surface area (Å²) in [5.74, 6) is 0.481. The third-order valence-electron chi connectivity index (χ3n) is 5.72. The Balaban J connectivity index is 2.06. The molecule has 1 fully saturated rings. The lowest BCUT2D eigenvalue weighted by Crippen LogP contribution is -2.59. The number of hydrogen-bond acceptors (Lipinski definition) is 4. The van der Waals surface area contributed by atoms with E-state index < -0.39 is 5.60 Å². The van der Waals surface area contributed by atoms with Gasteiger partial charge < -0.3 is 24.6 Å². The molecule has 1 aliphatic rings. The fraction of sp³-hybridized carbons (Fsp3) is 0.652. The molecule has 1 aromatic carbocycles. The van der Waals surface area contributed by atoms with Crippen LogP contribution in [0.3, 0.4) is 0 Å². The van der Waals surface area contributed by atoms with Crippen molar-refractivity contribution < 1.29 is 19.1 Å². The minimum Gasteiger partial charge on any atom is -0.495 e. The first-order valence-corrected chi connectivity index (χ1v) is 11.5. The van der Waals surface area contributed by atoms with E-state index in [2.05, 4.69) is 19.2 Å². The molecule has 0 aromatic heterocycles. The first kappa shape index (κ1) is 26.4. The van der Waals surface area contributed by atoms with Crippen LogP contribution < -0.4 is 10.1 Å². The summed E-state index contributed by atoms with van der Waals surface area (Å²) in [6.45, 7) is 12.5. The molecule has 1 aromatic rings. The first-order chi connectivity index (χ1) is 14.7. The molecule has 1 aliphatic heterocycles. The molecule has 0 radical (unpaired) electrons. The lowest BCUT2D eigenvalue weighted by Gasteiger charge is -2.47. The van der Waals surface area contributed by atoms with Gasteiger partial charge in [-0.3, -0.25) is 0 Å². The Morgan fingerprint density at radius 2 is 1.88 bits per heavy atom. The molecule has 180 valence electrons. The summed E-state index contributed by atoms with van der Waals surface area (Å²) < 4.78 is 10.7. The Hall–Kier alpha value is -1.86. The molecule has 1 heterocycles. The number of halogens is 2. The Morgan fingerprint density at radius 1 is 1.25 bits per heavy atom. The van der Waals surface area contributed by atoms with Crippen molar-refractivity contribution in [3.63, 3.8) is 0 Å². The second-order valence-corrected chi connectivity index (χ2v) is 10.7. The summed E-state index contributed by atoms with van der Waals surface area (Å²) in [5.41, 5.74) is -0.152. The Labute approximate surface area is 201 Å². The normalized spacial score (nSPS) is 19.2. The molecule has 0 bridgehead atoms. The minimum atomic E-state index is -0.545. The van der Waals surface area contributed by atoms with Crippen molar-refractivity contribution in [2.75, 3.05) is 27.2 Å². The number of benzene rings is 1. The molecule has 1 N–H and O–H groups in total. The number of urea groups is 1. The number of nitrogens with one attached hydrogen (secondary N) is 1. The molecule has 2 atom stereocenters. The maximum Gasteiger partial charge on any atom is 0.410 e. The van der Waals surface area contributed by atoms with Crippen LogP contribution in [0.4, 0.5) is 9.59 Å². The second kappa shape index (κ2) is 9.96. The summed E-state index contributed by atoms with van der Waals surface area (Å²) in [6, 6.07) is 2.89. The van der Waals surface area contributed by atoms with E-state index in [-0.39, 0.29) is 29.6 Å². The van der Waals surface area contributed by atoms with Gasteiger partial charge >= 0.3 is 12.1 Å². The van der Waals surface area contributed by atoms with Gasteiger partial charge in [-0.15, -0.1) is 0 Å². The van der Waals surface area contributed by atoms with Gasteiger partial charge in [-0.25, -0.2) is 9.59 Å². The van der Waals surface area contributed by atoms with Crippen LogP contribution in [0.15, 0.2) is 12.1 Å². The Kier molecular flexibility index (Phi) is 8.21. The van der Waals surface area contributed by atoms with Crippen molar-refractivity contribution in [2.24, 2.45) is 5.41 Å². The minimum absolute atomic E-state index is 0.0525. The zero-order chi connectivity index (χ0) is 24.4. The molecule has 0 aliphatic carbocycles. The van der Waals surface area contributed by atoms with Crippen LogP contribution >= 0.6 is 23.2 Å². The van der Waals surface area contributed by atoms with Gasteiger partial charge in [-0.05, 0) is 45.7 Å². The maximum absolute atomic E-state index is 13.0. The summed E-state index contributed by atoms with van der Waals surface area (Å²) in [6.07, 6.45) is 0.329. The van der Waals surface area contributed by atoms with Gasteiger partial charge in [0.15, 0.2) is 0 Å². The van der Waals surface area contributed by atoms with Crippen molar-refractivity contribution in [3.8, 4) is 5.75 Å². The van der Waals surface area contributed by atoms with Gasteiger partial charge in [0, 0.05) is 31.6 Å². The van der Waals surface area contributed by atoms with E-state index in [1.807, 2.05) is 27.7 Å². The zero-order valence-electron chi connectivity index (χ0n) is 20.2. The highest BCUT2D eigenvalue weighted by Gasteiger charge is 2.42. The number of rotatable bonds is 4. The monoisotopic (exact) mass is 487 g/mol. The third-order valence-corrected chi connectivity index (χ3v) is 6.59. The van der Waals surface area contributed by atoms with Gasteiger partial charge in [-0.1, -0.05) is 43.1 Å². The molecule has 7 nitrogen and oxygen atoms in total. The van der Waals surface area contributed by atoms with Crippen molar-refractivity contribution in [1.29, 1.82) is 0 Å². The summed E-state index contributed by atoms with van der Waals surface area (Å²) >= 11 is 12.7. The van der Waals surface area contributed by atoms with Gasteiger partial charge in [0.2, 0.25) is 0 Å². The van der Waals surface area contributed by atoms with Gasteiger partial charge in [-0.2, -0.15) is 0 Å². The topological polar surface area (TPSA) is 71.1 Å². The number of ether oxygens (including phenoxy) is 2. The van der Waals surface area contributed by atoms with Crippen molar-refractivity contribution in [1.82, 2.24) is 15.1 Å². The lowest BCUT2D eigenvalue weighted by molar-refractivity contribution is -0.00872. The van der Waals surface area contributed by atoms with Crippen LogP contribution in [-0.4, -0.2) is 60.8 Å². The molecule has 32 heavy (non-hydrogen) atoms. The quantitative estimate of drug-likeness (QED) is 0.587. The average Bonchev–Trinajstić information content (AvgIpc) is 2.67. The SMILES string of the molecule is COc1ccc(C(C)NC(=O)N(C)C2CCN(C(=O)OC(C)(C)C)CC2(C)C)c(Cl)c1Cl. The standard InChI is InChI=1S/C23H35Cl2N3O4/c1-14(15-9-10-16(31-8)19(25)18(15)24)26-20(29)27(7)17-11-12-28(13-23(17,5)6)21(30)32-22(2,3)4/h9-10,14,17H,11-13H2,1-8H3,(H,26,29). The highest BCUT2D eigenvalue weighted by Crippen LogP contribution is 2.37. The smallest absolute Gasteiger partial charge is 0.410 e. The maximum atomic E-state index is 13.0. The average molecular weight is 488 g/mol. The van der Waals surface area contributed by atoms with E-state index in [9.17, 15) is 9.59 Å². The number of likely N-dealkylation sites (tertiary alicyclic amines) is 1. The predicted octanol–water partition coefficient (Wildman–Crippen LogP) is 5.74. The van der Waals surface area contributed by atoms with Gasteiger partial charge in [0.25, 0.3) is 0 Å². The van der Waals surface area contributed by atoms with Crippen molar-refractivity contribution in [3.05, 3.63) is 27.7 Å². The number of nitrogens with zero attached hydrogens (tertiary/aromatic N) is 2. The van der Waals surface area contributed by atoms with Crippen LogP contribution in [-0.2, 0) is 4.74 Å². The summed E-state index contributed by atoms with van der Waals surface area (Å²) in [4.78, 5) is 29.0. The molecule has 2 rings (SSSR count). The van der Waals surface area contributed by atoms with Crippen molar-refractivity contribution in [2.45, 2.75) is 65.6 Å². The fourth-order valence-corrected chi connectivity index (χ4v) is 4.66. The van der Waals surface area contributed by atoms with Crippen LogP contribution in [0.5, 0.6) is 5.75 Å². The highest BCUT2D eigenvalue weighted by atomic mass is 35.5. The molecule has 9 heteroatoms. The highest BCUT2D eigenvalue weighted by molar-refractivity contribution is 6.43. The number of piperidine rings is 1. The van der Waals surface area contributed by atoms with Gasteiger partial charge in [0.05, 0.1) is 18.2 Å². The van der Waals surface area contributed by atoms with E-state index in [0.717, 1.165) is 0 Å². The summed E-state index contributed by atoms with van der Waals surface area (Å²) in [5, 5.41) is 3.67. The third kappa shape index (κ3) is 6.13. The molecule has 2 unspecified atom stereocenters. The molecule has 3 amide bonds. The number of methoxy groups -OCH3 is 1. The molecule has 0 saturated carbocycles. The zero-order valence-corrected chi connectivity index (χ0v) is 21.7. The van der Waals surface area contributed by atoms with E-state index in [4.69, 9.17) is 32.7 Å². The van der Waals surface area contributed by atoms with Crippen LogP contribution in [0.25, 0.3) is 0 Å². The fourth-order valence-electron chi connectivity index (χ4n) is 4.09. The predicted molar refractivity (Wildman–Crippen MR) is 128 cm³/mol. The Bertz CT molecular complexity index is 854. The first-order valence-electron chi connectivity index (χ1n) is 10.7. The van der Waals surface area contributed by atoms with Crippen LogP contribution in [0.2, 0.25) is 10.0 Å². The van der Waals surface area contributed by atoms with Crippen molar-refractivity contribution >= 4 is 35.3 Å². The number of carbonyl (C=O) groups excluding carboxylic acids is 2. The van der Waals surface area contributed by atoms with E-state index in [0.29, 0.717) is 40.9 Å². The lowest BCUT2D eigenvalue weighted by atomic mass is 9.78. The van der Waals surface area contributed by atoms with Gasteiger partial charge in [0.1, 0.15) is 16.4 Å².